The number of hydrogen-bond donors (Lipinski definition) is 1. The summed E-state index contributed by atoms with van der Waals surface area (Å²) in [5, 5.41) is 8.87. The first-order valence-electron chi connectivity index (χ1n) is 5.81. The average molecular weight is 226 g/mol. The highest BCUT2D eigenvalue weighted by molar-refractivity contribution is 5.73. The van der Waals surface area contributed by atoms with Gasteiger partial charge in [-0.05, 0) is 19.3 Å². The van der Waals surface area contributed by atoms with Crippen LogP contribution in [0, 0.1) is 0 Å². The molecule has 1 saturated carbocycles. The van der Waals surface area contributed by atoms with Crippen molar-refractivity contribution in [3.8, 4) is 0 Å². The van der Waals surface area contributed by atoms with Crippen molar-refractivity contribution in [1.82, 2.24) is 9.80 Å². The molecule has 0 aromatic rings. The van der Waals surface area contributed by atoms with Crippen LogP contribution in [0.1, 0.15) is 26.2 Å². The number of carbonyl (C=O) groups excluding carboxylic acids is 1. The van der Waals surface area contributed by atoms with E-state index >= 15 is 0 Å². The zero-order valence-electron chi connectivity index (χ0n) is 9.56. The second-order valence-electron chi connectivity index (χ2n) is 4.70. The Kier molecular flexibility index (Phi) is 3.14. The van der Waals surface area contributed by atoms with E-state index in [1.807, 2.05) is 4.90 Å². The van der Waals surface area contributed by atoms with Crippen LogP contribution in [0.3, 0.4) is 0 Å². The normalized spacial score (nSPS) is 25.1. The Bertz CT molecular complexity index is 302. The molecule has 1 atom stereocenters. The van der Waals surface area contributed by atoms with Gasteiger partial charge in [-0.1, -0.05) is 0 Å². The SMILES string of the molecule is CC(=O)N1CC[C@@H](N(CC(=O)O)C2CC2)C1. The van der Waals surface area contributed by atoms with E-state index in [2.05, 4.69) is 4.90 Å². The molecule has 5 nitrogen and oxygen atoms in total. The predicted molar refractivity (Wildman–Crippen MR) is 58.0 cm³/mol. The first-order chi connectivity index (χ1) is 7.58. The van der Waals surface area contributed by atoms with Crippen molar-refractivity contribution in [3.63, 3.8) is 0 Å². The van der Waals surface area contributed by atoms with Crippen LogP contribution in [-0.4, -0.2) is 58.5 Å². The molecule has 1 N–H and O–H groups in total. The summed E-state index contributed by atoms with van der Waals surface area (Å²) in [6.45, 7) is 3.14. The smallest absolute Gasteiger partial charge is 0.317 e. The summed E-state index contributed by atoms with van der Waals surface area (Å²) in [6, 6.07) is 0.681. The Labute approximate surface area is 95.0 Å². The maximum atomic E-state index is 11.2. The van der Waals surface area contributed by atoms with Gasteiger partial charge in [0.1, 0.15) is 0 Å². The van der Waals surface area contributed by atoms with Crippen LogP contribution < -0.4 is 0 Å². The fraction of sp³-hybridized carbons (Fsp3) is 0.818. The zero-order chi connectivity index (χ0) is 11.7. The summed E-state index contributed by atoms with van der Waals surface area (Å²) in [5.41, 5.74) is 0. The molecule has 1 saturated heterocycles. The molecule has 16 heavy (non-hydrogen) atoms. The van der Waals surface area contributed by atoms with E-state index in [0.717, 1.165) is 25.8 Å². The van der Waals surface area contributed by atoms with Gasteiger partial charge < -0.3 is 10.0 Å². The van der Waals surface area contributed by atoms with Crippen LogP contribution in [-0.2, 0) is 9.59 Å². The number of nitrogens with zero attached hydrogens (tertiary/aromatic N) is 2. The molecule has 0 bridgehead atoms. The first-order valence-corrected chi connectivity index (χ1v) is 5.81. The van der Waals surface area contributed by atoms with E-state index in [1.54, 1.807) is 6.92 Å². The second kappa shape index (κ2) is 4.41. The molecule has 1 heterocycles. The molecule has 2 fully saturated rings. The number of aliphatic carboxylic acids is 1. The highest BCUT2D eigenvalue weighted by Gasteiger charge is 2.38. The third kappa shape index (κ3) is 2.52. The Hall–Kier alpha value is -1.10. The van der Waals surface area contributed by atoms with Crippen molar-refractivity contribution in [2.45, 2.75) is 38.3 Å². The van der Waals surface area contributed by atoms with Crippen LogP contribution in [0.5, 0.6) is 0 Å². The summed E-state index contributed by atoms with van der Waals surface area (Å²) in [5.74, 6) is -0.679. The molecule has 0 unspecified atom stereocenters. The van der Waals surface area contributed by atoms with E-state index < -0.39 is 5.97 Å². The van der Waals surface area contributed by atoms with Crippen molar-refractivity contribution in [1.29, 1.82) is 0 Å². The lowest BCUT2D eigenvalue weighted by atomic mass is 10.2. The molecule has 2 rings (SSSR count). The minimum absolute atomic E-state index is 0.0913. The lowest BCUT2D eigenvalue weighted by Crippen LogP contribution is -2.42. The number of hydrogen-bond acceptors (Lipinski definition) is 3. The van der Waals surface area contributed by atoms with E-state index in [1.165, 1.54) is 0 Å². The number of carboxylic acids is 1. The molecule has 0 aromatic carbocycles. The molecule has 2 aliphatic rings. The lowest BCUT2D eigenvalue weighted by molar-refractivity contribution is -0.139. The fourth-order valence-corrected chi connectivity index (χ4v) is 2.42. The topological polar surface area (TPSA) is 60.9 Å². The molecule has 0 radical (unpaired) electrons. The molecular weight excluding hydrogens is 208 g/mol. The Morgan fingerprint density at radius 1 is 1.31 bits per heavy atom. The molecule has 90 valence electrons. The van der Waals surface area contributed by atoms with E-state index in [0.29, 0.717) is 12.6 Å². The van der Waals surface area contributed by atoms with Gasteiger partial charge in [-0.25, -0.2) is 0 Å². The number of carbonyl (C=O) groups is 2. The van der Waals surface area contributed by atoms with Crippen LogP contribution >= 0.6 is 0 Å². The van der Waals surface area contributed by atoms with E-state index in [-0.39, 0.29) is 18.5 Å². The van der Waals surface area contributed by atoms with Gasteiger partial charge in [0.15, 0.2) is 0 Å². The zero-order valence-corrected chi connectivity index (χ0v) is 9.56. The molecule has 1 aliphatic carbocycles. The molecule has 0 spiro atoms. The minimum Gasteiger partial charge on any atom is -0.480 e. The van der Waals surface area contributed by atoms with Gasteiger partial charge in [0.25, 0.3) is 0 Å². The number of rotatable bonds is 4. The maximum Gasteiger partial charge on any atom is 0.317 e. The van der Waals surface area contributed by atoms with Crippen LogP contribution in [0.4, 0.5) is 0 Å². The average Bonchev–Trinajstić information content (AvgIpc) is 2.91. The molecule has 1 aliphatic heterocycles. The molecule has 5 heteroatoms. The van der Waals surface area contributed by atoms with E-state index in [4.69, 9.17) is 5.11 Å². The Morgan fingerprint density at radius 2 is 2.00 bits per heavy atom. The van der Waals surface area contributed by atoms with Gasteiger partial charge >= 0.3 is 5.97 Å². The third-order valence-corrected chi connectivity index (χ3v) is 3.41. The Balaban J connectivity index is 1.94. The van der Waals surface area contributed by atoms with Crippen molar-refractivity contribution in [3.05, 3.63) is 0 Å². The van der Waals surface area contributed by atoms with Crippen molar-refractivity contribution in [2.24, 2.45) is 0 Å². The predicted octanol–water partition coefficient (Wildman–Crippen LogP) is 0.156. The third-order valence-electron chi connectivity index (χ3n) is 3.41. The quantitative estimate of drug-likeness (QED) is 0.741. The largest absolute Gasteiger partial charge is 0.480 e. The highest BCUT2D eigenvalue weighted by Crippen LogP contribution is 2.31. The van der Waals surface area contributed by atoms with Crippen molar-refractivity contribution >= 4 is 11.9 Å². The Morgan fingerprint density at radius 3 is 2.44 bits per heavy atom. The summed E-state index contributed by atoms with van der Waals surface area (Å²) >= 11 is 0. The summed E-state index contributed by atoms with van der Waals surface area (Å²) in [4.78, 5) is 25.9. The number of amides is 1. The van der Waals surface area contributed by atoms with Crippen molar-refractivity contribution < 1.29 is 14.7 Å². The molecule has 0 aromatic heterocycles. The summed E-state index contributed by atoms with van der Waals surface area (Å²) < 4.78 is 0. The summed E-state index contributed by atoms with van der Waals surface area (Å²) in [7, 11) is 0. The highest BCUT2D eigenvalue weighted by atomic mass is 16.4. The second-order valence-corrected chi connectivity index (χ2v) is 4.70. The maximum absolute atomic E-state index is 11.2. The standard InChI is InChI=1S/C11H18N2O3/c1-8(14)12-5-4-10(6-12)13(7-11(15)16)9-2-3-9/h9-10H,2-7H2,1H3,(H,15,16)/t10-/m1/s1. The van der Waals surface area contributed by atoms with Gasteiger partial charge in [0, 0.05) is 32.1 Å². The monoisotopic (exact) mass is 226 g/mol. The van der Waals surface area contributed by atoms with Gasteiger partial charge in [-0.3, -0.25) is 14.5 Å². The molecular formula is C11H18N2O3. The lowest BCUT2D eigenvalue weighted by Gasteiger charge is -2.27. The van der Waals surface area contributed by atoms with Crippen LogP contribution in [0.25, 0.3) is 0 Å². The molecule has 1 amide bonds. The van der Waals surface area contributed by atoms with E-state index in [9.17, 15) is 9.59 Å². The van der Waals surface area contributed by atoms with Gasteiger partial charge in [0.2, 0.25) is 5.91 Å². The van der Waals surface area contributed by atoms with Crippen LogP contribution in [0.15, 0.2) is 0 Å². The summed E-state index contributed by atoms with van der Waals surface area (Å²) in [6.07, 6.45) is 3.11. The number of carboxylic acid groups (broad SMARTS) is 1. The number of likely N-dealkylation sites (tertiary alicyclic amines) is 1. The van der Waals surface area contributed by atoms with Crippen molar-refractivity contribution in [2.75, 3.05) is 19.6 Å². The van der Waals surface area contributed by atoms with Crippen LogP contribution in [0.2, 0.25) is 0 Å². The van der Waals surface area contributed by atoms with Gasteiger partial charge in [-0.2, -0.15) is 0 Å². The van der Waals surface area contributed by atoms with Gasteiger partial charge in [0.05, 0.1) is 6.54 Å². The minimum atomic E-state index is -0.770. The fourth-order valence-electron chi connectivity index (χ4n) is 2.42. The van der Waals surface area contributed by atoms with Gasteiger partial charge in [-0.15, -0.1) is 0 Å². The first kappa shape index (κ1) is 11.4.